The minimum Gasteiger partial charge on any atom is -1.00 e. The summed E-state index contributed by atoms with van der Waals surface area (Å²) in [5.74, 6) is 0. The molecule has 0 aliphatic rings. The van der Waals surface area contributed by atoms with Crippen molar-refractivity contribution in [1.29, 1.82) is 0 Å². The Hall–Kier alpha value is -3.69. The van der Waals surface area contributed by atoms with Gasteiger partial charge in [-0.05, 0) is 41.7 Å². The van der Waals surface area contributed by atoms with Crippen molar-refractivity contribution in [2.75, 3.05) is 0 Å². The minimum absolute atomic E-state index is 0. The number of aryl methyl sites for hydroxylation is 2. The van der Waals surface area contributed by atoms with E-state index in [1.54, 1.807) is 0 Å². The first-order chi connectivity index (χ1) is 19.5. The summed E-state index contributed by atoms with van der Waals surface area (Å²) < 4.78 is 19.2. The third kappa shape index (κ3) is 9.70. The molecule has 0 radical (unpaired) electrons. The zero-order valence-electron chi connectivity index (χ0n) is 23.9. The Kier molecular flexibility index (Phi) is 12.6. The topological polar surface area (TPSA) is 53.2 Å². The number of carbonyl (C=O) groups is 1. The molecule has 220 valence electrons. The van der Waals surface area contributed by atoms with Crippen molar-refractivity contribution < 1.29 is 57.4 Å². The highest BCUT2D eigenvalue weighted by Gasteiger charge is 2.09. The van der Waals surface area contributed by atoms with Gasteiger partial charge in [0.15, 0.2) is 0 Å². The molecule has 0 bridgehead atoms. The molecule has 2 aromatic heterocycles. The average Bonchev–Trinajstić information content (AvgIpc) is 3.62. The summed E-state index contributed by atoms with van der Waals surface area (Å²) in [5.41, 5.74) is 6.75. The molecule has 42 heavy (non-hydrogen) atoms. The van der Waals surface area contributed by atoms with Crippen LogP contribution in [0.3, 0.4) is 0 Å². The summed E-state index contributed by atoms with van der Waals surface area (Å²) in [5, 5.41) is 0. The predicted molar refractivity (Wildman–Crippen MR) is 151 cm³/mol. The Labute approximate surface area is 268 Å². The Morgan fingerprint density at radius 1 is 0.643 bits per heavy atom. The van der Waals surface area contributed by atoms with Crippen molar-refractivity contribution in [3.05, 3.63) is 144 Å². The van der Waals surface area contributed by atoms with E-state index >= 15 is 0 Å². The molecular weight excluding hydrogens is 660 g/mol. The van der Waals surface area contributed by atoms with Crippen LogP contribution in [0.1, 0.15) is 40.3 Å². The molecule has 9 heteroatoms. The summed E-state index contributed by atoms with van der Waals surface area (Å²) in [4.78, 5) is 11.9. The molecule has 0 spiro atoms. The van der Waals surface area contributed by atoms with E-state index in [1.807, 2.05) is 43.3 Å². The molecule has 0 amide bonds. The van der Waals surface area contributed by atoms with Gasteiger partial charge in [-0.15, -0.1) is 0 Å². The van der Waals surface area contributed by atoms with E-state index < -0.39 is 6.16 Å². The maximum absolute atomic E-state index is 11.9. The van der Waals surface area contributed by atoms with Crippen LogP contribution in [0.2, 0.25) is 0 Å². The summed E-state index contributed by atoms with van der Waals surface area (Å²) >= 11 is 0. The quantitative estimate of drug-likeness (QED) is 0.134. The Bertz CT molecular complexity index is 1530. The lowest BCUT2D eigenvalue weighted by atomic mass is 10.1. The van der Waals surface area contributed by atoms with E-state index in [-0.39, 0.29) is 47.2 Å². The molecule has 5 aromatic rings. The number of imidazole rings is 2. The largest absolute Gasteiger partial charge is 1.00 e. The molecule has 0 fully saturated rings. The smallest absolute Gasteiger partial charge is 0.508 e. The predicted octanol–water partition coefficient (Wildman–Crippen LogP) is -0.801. The fourth-order valence-corrected chi connectivity index (χ4v) is 4.48. The molecule has 0 N–H and O–H groups in total. The highest BCUT2D eigenvalue weighted by molar-refractivity contribution is 5.60. The van der Waals surface area contributed by atoms with E-state index in [2.05, 4.69) is 99.0 Å². The van der Waals surface area contributed by atoms with Gasteiger partial charge in [-0.25, -0.2) is 23.1 Å². The second-order valence-electron chi connectivity index (χ2n) is 10.1. The Balaban J connectivity index is 0.00000242. The van der Waals surface area contributed by atoms with Crippen molar-refractivity contribution >= 4 is 6.16 Å². The van der Waals surface area contributed by atoms with Crippen molar-refractivity contribution in [3.63, 3.8) is 0 Å². The second-order valence-corrected chi connectivity index (χ2v) is 10.1. The lowest BCUT2D eigenvalue weighted by molar-refractivity contribution is -0.688. The lowest BCUT2D eigenvalue weighted by Crippen LogP contribution is -3.00. The number of hydrogen-bond donors (Lipinski definition) is 0. The van der Waals surface area contributed by atoms with Crippen molar-refractivity contribution in [2.45, 2.75) is 53.2 Å². The van der Waals surface area contributed by atoms with E-state index in [0.717, 1.165) is 37.3 Å². The third-order valence-electron chi connectivity index (χ3n) is 6.83. The molecule has 0 aliphatic carbocycles. The van der Waals surface area contributed by atoms with Gasteiger partial charge in [-0.2, -0.15) is 0 Å². The van der Waals surface area contributed by atoms with Crippen LogP contribution >= 0.6 is 0 Å². The number of benzene rings is 3. The SMILES string of the molecule is CCn1cc[n+](Cc2ccc(C[n+]3ccn(Cc4ccc(COC(=O)OCc5ccc(C)cc5)cc4)c3)cc2)c1.[Br-].[Br-]. The lowest BCUT2D eigenvalue weighted by Gasteiger charge is -2.07. The van der Waals surface area contributed by atoms with Gasteiger partial charge in [-0.1, -0.05) is 78.4 Å². The molecule has 0 saturated heterocycles. The van der Waals surface area contributed by atoms with Gasteiger partial charge in [0.25, 0.3) is 0 Å². The monoisotopic (exact) mass is 694 g/mol. The molecule has 0 aliphatic heterocycles. The fourth-order valence-electron chi connectivity index (χ4n) is 4.48. The Morgan fingerprint density at radius 3 is 1.57 bits per heavy atom. The summed E-state index contributed by atoms with van der Waals surface area (Å²) in [7, 11) is 0. The summed E-state index contributed by atoms with van der Waals surface area (Å²) in [6.45, 7) is 7.99. The van der Waals surface area contributed by atoms with Gasteiger partial charge in [0, 0.05) is 0 Å². The van der Waals surface area contributed by atoms with Gasteiger partial charge in [0.2, 0.25) is 12.7 Å². The fraction of sp³-hybridized carbons (Fsp3) is 0.242. The molecule has 5 rings (SSSR count). The molecule has 0 atom stereocenters. The first-order valence-electron chi connectivity index (χ1n) is 13.6. The highest BCUT2D eigenvalue weighted by Crippen LogP contribution is 2.10. The number of carbonyl (C=O) groups excluding carboxylic acids is 1. The van der Waals surface area contributed by atoms with Crippen LogP contribution in [0.15, 0.2) is 110 Å². The summed E-state index contributed by atoms with van der Waals surface area (Å²) in [6, 6.07) is 24.8. The molecular formula is C33H36Br2N4O3. The standard InChI is InChI=1S/C33H36N4O3.2BrH/c1-3-34-16-17-35(25-34)20-28-8-10-29(11-9-28)21-36-18-19-37(26-36)22-30-12-14-32(15-13-30)24-40-33(38)39-23-31-6-4-27(2)5-7-31;;/h4-19,25-26H,3,20-24H2,1-2H3;2*1H/q+2;;/p-2. The van der Waals surface area contributed by atoms with E-state index in [4.69, 9.17) is 9.47 Å². The third-order valence-corrected chi connectivity index (χ3v) is 6.83. The number of halogens is 2. The minimum atomic E-state index is -0.665. The maximum Gasteiger partial charge on any atom is 0.508 e. The first kappa shape index (κ1) is 32.8. The second kappa shape index (κ2) is 16.1. The normalized spacial score (nSPS) is 10.4. The number of nitrogens with zero attached hydrogens (tertiary/aromatic N) is 4. The van der Waals surface area contributed by atoms with E-state index in [1.165, 1.54) is 22.3 Å². The maximum atomic E-state index is 11.9. The number of rotatable bonds is 11. The Morgan fingerprint density at radius 2 is 1.07 bits per heavy atom. The van der Waals surface area contributed by atoms with Crippen LogP contribution in [-0.2, 0) is 48.9 Å². The van der Waals surface area contributed by atoms with Crippen LogP contribution in [-0.4, -0.2) is 15.3 Å². The summed E-state index contributed by atoms with van der Waals surface area (Å²) in [6.07, 6.45) is 12.0. The molecule has 3 aromatic carbocycles. The van der Waals surface area contributed by atoms with Gasteiger partial charge < -0.3 is 43.4 Å². The average molecular weight is 696 g/mol. The zero-order chi connectivity index (χ0) is 27.7. The molecule has 2 heterocycles. The highest BCUT2D eigenvalue weighted by atomic mass is 79.9. The van der Waals surface area contributed by atoms with E-state index in [0.29, 0.717) is 0 Å². The van der Waals surface area contributed by atoms with Crippen LogP contribution < -0.4 is 43.1 Å². The van der Waals surface area contributed by atoms with Crippen molar-refractivity contribution in [1.82, 2.24) is 9.13 Å². The van der Waals surface area contributed by atoms with Crippen LogP contribution in [0, 0.1) is 6.92 Å². The van der Waals surface area contributed by atoms with Crippen LogP contribution in [0.25, 0.3) is 0 Å². The first-order valence-corrected chi connectivity index (χ1v) is 13.6. The zero-order valence-corrected chi connectivity index (χ0v) is 27.1. The van der Waals surface area contributed by atoms with Gasteiger partial charge in [-0.3, -0.25) is 0 Å². The van der Waals surface area contributed by atoms with Crippen LogP contribution in [0.4, 0.5) is 4.79 Å². The van der Waals surface area contributed by atoms with Gasteiger partial charge >= 0.3 is 6.16 Å². The van der Waals surface area contributed by atoms with Crippen molar-refractivity contribution in [2.24, 2.45) is 0 Å². The molecule has 7 nitrogen and oxygen atoms in total. The van der Waals surface area contributed by atoms with Crippen LogP contribution in [0.5, 0.6) is 0 Å². The van der Waals surface area contributed by atoms with Crippen molar-refractivity contribution in [3.8, 4) is 0 Å². The number of ether oxygens (including phenoxy) is 2. The number of aromatic nitrogens is 4. The number of hydrogen-bond acceptors (Lipinski definition) is 3. The van der Waals surface area contributed by atoms with Gasteiger partial charge in [0.1, 0.15) is 57.6 Å². The molecule has 0 saturated carbocycles. The molecule has 0 unspecified atom stereocenters. The van der Waals surface area contributed by atoms with E-state index in [9.17, 15) is 4.79 Å². The van der Waals surface area contributed by atoms with Gasteiger partial charge in [0.05, 0.1) is 6.54 Å².